The van der Waals surface area contributed by atoms with Crippen molar-refractivity contribution in [2.75, 3.05) is 18.0 Å². The summed E-state index contributed by atoms with van der Waals surface area (Å²) in [6, 6.07) is 24.0. The number of para-hydroxylation sites is 1. The number of hydrogen-bond donors (Lipinski definition) is 0. The minimum absolute atomic E-state index is 0.0448. The van der Waals surface area contributed by atoms with Gasteiger partial charge < -0.3 is 14.4 Å². The lowest BCUT2D eigenvalue weighted by Crippen LogP contribution is -2.57. The van der Waals surface area contributed by atoms with Gasteiger partial charge in [-0.25, -0.2) is 9.78 Å². The zero-order valence-electron chi connectivity index (χ0n) is 24.3. The Hall–Kier alpha value is -4.43. The third-order valence-corrected chi connectivity index (χ3v) is 8.18. The van der Waals surface area contributed by atoms with Crippen LogP contribution in [-0.4, -0.2) is 56.7 Å². The predicted octanol–water partition coefficient (Wildman–Crippen LogP) is 7.88. The molecule has 3 aromatic carbocycles. The van der Waals surface area contributed by atoms with Gasteiger partial charge in [0.1, 0.15) is 22.9 Å². The maximum atomic E-state index is 13.0. The summed E-state index contributed by atoms with van der Waals surface area (Å²) in [4.78, 5) is 31.3. The van der Waals surface area contributed by atoms with Crippen molar-refractivity contribution in [3.05, 3.63) is 84.3 Å². The highest BCUT2D eigenvalue weighted by molar-refractivity contribution is 6.28. The molecule has 2 aromatic heterocycles. The average molecular weight is 594 g/mol. The highest BCUT2D eigenvalue weighted by Gasteiger charge is 2.45. The number of amides is 1. The van der Waals surface area contributed by atoms with Gasteiger partial charge in [0.25, 0.3) is 0 Å². The van der Waals surface area contributed by atoms with Crippen LogP contribution in [-0.2, 0) is 4.74 Å². The third kappa shape index (κ3) is 5.43. The van der Waals surface area contributed by atoms with Crippen LogP contribution in [0.2, 0.25) is 5.28 Å². The van der Waals surface area contributed by atoms with Gasteiger partial charge in [-0.1, -0.05) is 42.5 Å². The van der Waals surface area contributed by atoms with Crippen molar-refractivity contribution in [1.82, 2.24) is 19.9 Å². The van der Waals surface area contributed by atoms with E-state index < -0.39 is 5.60 Å². The molecule has 1 amide bonds. The molecule has 2 atom stereocenters. The number of fused-ring (bicyclic) bond motifs is 4. The monoisotopic (exact) mass is 593 g/mol. The molecule has 2 unspecified atom stereocenters. The lowest BCUT2D eigenvalue weighted by atomic mass is 10.0. The Kier molecular flexibility index (Phi) is 6.81. The maximum Gasteiger partial charge on any atom is 0.410 e. The molecular weight excluding hydrogens is 562 g/mol. The number of pyridine rings is 1. The summed E-state index contributed by atoms with van der Waals surface area (Å²) in [6.45, 7) is 6.98. The van der Waals surface area contributed by atoms with Gasteiger partial charge in [-0.2, -0.15) is 4.98 Å². The average Bonchev–Trinajstić information content (AvgIpc) is 3.25. The number of piperazine rings is 1. The number of anilines is 1. The molecule has 0 saturated carbocycles. The highest BCUT2D eigenvalue weighted by atomic mass is 35.5. The Morgan fingerprint density at radius 1 is 0.884 bits per heavy atom. The van der Waals surface area contributed by atoms with Crippen LogP contribution in [0.15, 0.2) is 79.0 Å². The summed E-state index contributed by atoms with van der Waals surface area (Å²) in [6.07, 6.45) is 3.43. The smallest absolute Gasteiger partial charge is 0.410 e. The molecule has 0 spiro atoms. The van der Waals surface area contributed by atoms with E-state index in [4.69, 9.17) is 26.1 Å². The summed E-state index contributed by atoms with van der Waals surface area (Å²) in [5, 5.41) is 3.10. The Balaban J connectivity index is 1.24. The molecular formula is C34H32ClN5O3. The van der Waals surface area contributed by atoms with Gasteiger partial charge in [0.2, 0.25) is 5.28 Å². The number of halogens is 1. The van der Waals surface area contributed by atoms with E-state index >= 15 is 0 Å². The molecule has 2 fully saturated rings. The van der Waals surface area contributed by atoms with Crippen molar-refractivity contribution >= 4 is 45.2 Å². The minimum atomic E-state index is -0.536. The second-order valence-electron chi connectivity index (χ2n) is 12.2. The molecule has 218 valence electrons. The second kappa shape index (κ2) is 10.7. The van der Waals surface area contributed by atoms with Crippen molar-refractivity contribution < 1.29 is 14.3 Å². The molecule has 0 radical (unpaired) electrons. The van der Waals surface area contributed by atoms with Crippen LogP contribution in [0.4, 0.5) is 10.6 Å². The molecule has 43 heavy (non-hydrogen) atoms. The predicted molar refractivity (Wildman–Crippen MR) is 169 cm³/mol. The SMILES string of the molecule is CC(C)(C)OC(=O)N1C2CCC1CN(c1nc(Cl)nc3cc(-c4cc(Oc5ccccc5)cc5ccccc45)ncc13)C2. The zero-order chi connectivity index (χ0) is 29.7. The second-order valence-corrected chi connectivity index (χ2v) is 12.5. The first-order valence-corrected chi connectivity index (χ1v) is 15.0. The van der Waals surface area contributed by atoms with E-state index in [-0.39, 0.29) is 23.5 Å². The van der Waals surface area contributed by atoms with Crippen LogP contribution < -0.4 is 9.64 Å². The molecule has 2 saturated heterocycles. The topological polar surface area (TPSA) is 80.7 Å². The fourth-order valence-electron chi connectivity index (χ4n) is 6.24. The fourth-order valence-corrected chi connectivity index (χ4v) is 6.41. The number of benzene rings is 3. The van der Waals surface area contributed by atoms with E-state index in [1.807, 2.05) is 92.5 Å². The summed E-state index contributed by atoms with van der Waals surface area (Å²) in [5.41, 5.74) is 1.87. The molecule has 0 aliphatic carbocycles. The Morgan fingerprint density at radius 2 is 1.60 bits per heavy atom. The van der Waals surface area contributed by atoms with Crippen molar-refractivity contribution in [2.45, 2.75) is 51.3 Å². The molecule has 4 heterocycles. The first-order valence-electron chi connectivity index (χ1n) is 14.6. The number of ether oxygens (including phenoxy) is 2. The van der Waals surface area contributed by atoms with Gasteiger partial charge in [0, 0.05) is 24.8 Å². The molecule has 7 rings (SSSR count). The molecule has 2 aliphatic rings. The van der Waals surface area contributed by atoms with Crippen molar-refractivity contribution in [1.29, 1.82) is 0 Å². The van der Waals surface area contributed by atoms with Crippen LogP contribution in [0.3, 0.4) is 0 Å². The largest absolute Gasteiger partial charge is 0.457 e. The fraction of sp³-hybridized carbons (Fsp3) is 0.294. The standard InChI is InChI=1S/C34H32ClN5O3/c1-34(2,3)43-33(41)40-22-13-14-23(40)20-39(19-22)31-28-18-36-29(17-30(28)37-32(35)38-31)27-16-25(42-24-10-5-4-6-11-24)15-21-9-7-8-12-26(21)27/h4-12,15-18,22-23H,13-14,19-20H2,1-3H3. The number of aromatic nitrogens is 3. The summed E-state index contributed by atoms with van der Waals surface area (Å²) >= 11 is 6.52. The van der Waals surface area contributed by atoms with Crippen LogP contribution in [0, 0.1) is 0 Å². The van der Waals surface area contributed by atoms with E-state index in [0.717, 1.165) is 57.6 Å². The van der Waals surface area contributed by atoms with Crippen molar-refractivity contribution in [2.24, 2.45) is 0 Å². The van der Waals surface area contributed by atoms with Crippen LogP contribution >= 0.6 is 11.6 Å². The van der Waals surface area contributed by atoms with Gasteiger partial charge in [-0.05, 0) is 86.3 Å². The van der Waals surface area contributed by atoms with E-state index in [0.29, 0.717) is 18.6 Å². The lowest BCUT2D eigenvalue weighted by molar-refractivity contribution is 0.0123. The van der Waals surface area contributed by atoms with E-state index in [1.54, 1.807) is 0 Å². The summed E-state index contributed by atoms with van der Waals surface area (Å²) in [7, 11) is 0. The Labute approximate surface area is 255 Å². The first-order chi connectivity index (χ1) is 20.7. The van der Waals surface area contributed by atoms with Gasteiger partial charge in [-0.15, -0.1) is 0 Å². The number of rotatable bonds is 4. The quantitative estimate of drug-likeness (QED) is 0.196. The number of carbonyl (C=O) groups is 1. The van der Waals surface area contributed by atoms with Crippen LogP contribution in [0.5, 0.6) is 11.5 Å². The first kappa shape index (κ1) is 27.4. The van der Waals surface area contributed by atoms with E-state index in [9.17, 15) is 4.79 Å². The maximum absolute atomic E-state index is 13.0. The Morgan fingerprint density at radius 3 is 2.35 bits per heavy atom. The molecule has 2 aliphatic heterocycles. The van der Waals surface area contributed by atoms with Crippen LogP contribution in [0.25, 0.3) is 32.9 Å². The molecule has 8 nitrogen and oxygen atoms in total. The van der Waals surface area contributed by atoms with E-state index in [1.165, 1.54) is 0 Å². The van der Waals surface area contributed by atoms with Crippen LogP contribution in [0.1, 0.15) is 33.6 Å². The normalized spacial score (nSPS) is 18.3. The van der Waals surface area contributed by atoms with Gasteiger partial charge >= 0.3 is 6.09 Å². The molecule has 2 bridgehead atoms. The van der Waals surface area contributed by atoms with Crippen molar-refractivity contribution in [3.63, 3.8) is 0 Å². The van der Waals surface area contributed by atoms with E-state index in [2.05, 4.69) is 27.0 Å². The molecule has 9 heteroatoms. The summed E-state index contributed by atoms with van der Waals surface area (Å²) < 4.78 is 11.9. The Bertz CT molecular complexity index is 1830. The van der Waals surface area contributed by atoms with Gasteiger partial charge in [0.15, 0.2) is 0 Å². The highest BCUT2D eigenvalue weighted by Crippen LogP contribution is 2.38. The van der Waals surface area contributed by atoms with Crippen molar-refractivity contribution in [3.8, 4) is 22.8 Å². The molecule has 5 aromatic rings. The minimum Gasteiger partial charge on any atom is -0.457 e. The third-order valence-electron chi connectivity index (χ3n) is 8.01. The number of carbonyl (C=O) groups excluding carboxylic acids is 1. The van der Waals surface area contributed by atoms with Gasteiger partial charge in [0.05, 0.1) is 28.7 Å². The number of hydrogen-bond acceptors (Lipinski definition) is 7. The summed E-state index contributed by atoms with van der Waals surface area (Å²) in [5.74, 6) is 2.22. The molecule has 0 N–H and O–H groups in total. The zero-order valence-corrected chi connectivity index (χ0v) is 25.1. The lowest BCUT2D eigenvalue weighted by Gasteiger charge is -2.42. The van der Waals surface area contributed by atoms with Gasteiger partial charge in [-0.3, -0.25) is 9.88 Å². The number of nitrogens with zero attached hydrogens (tertiary/aromatic N) is 5.